The predicted molar refractivity (Wildman–Crippen MR) is 250 cm³/mol. The maximum Gasteiger partial charge on any atom is 0.405 e. The van der Waals surface area contributed by atoms with Crippen molar-refractivity contribution in [3.63, 3.8) is 0 Å². The van der Waals surface area contributed by atoms with E-state index in [1.807, 2.05) is 67.4 Å². The lowest BCUT2D eigenvalue weighted by molar-refractivity contribution is -0.138. The van der Waals surface area contributed by atoms with Crippen LogP contribution in [0.4, 0.5) is 4.79 Å². The van der Waals surface area contributed by atoms with Crippen LogP contribution in [0.2, 0.25) is 0 Å². The van der Waals surface area contributed by atoms with Crippen LogP contribution in [0.15, 0.2) is 91.3 Å². The highest BCUT2D eigenvalue weighted by atomic mass is 16.5. The molecule has 4 heterocycles. The number of likely N-dealkylation sites (tertiary alicyclic amines) is 2. The number of H-pyrrole nitrogens is 2. The lowest BCUT2D eigenvalue weighted by Crippen LogP contribution is -2.51. The molecule has 1 saturated carbocycles. The number of nitrogens with one attached hydrogen (secondary N) is 4. The van der Waals surface area contributed by atoms with Gasteiger partial charge in [0.1, 0.15) is 23.7 Å². The maximum atomic E-state index is 14.2. The van der Waals surface area contributed by atoms with Gasteiger partial charge in [-0.25, -0.2) is 14.8 Å². The Morgan fingerprint density at radius 3 is 1.74 bits per heavy atom. The van der Waals surface area contributed by atoms with E-state index >= 15 is 0 Å². The highest BCUT2D eigenvalue weighted by Gasteiger charge is 2.43. The van der Waals surface area contributed by atoms with Crippen molar-refractivity contribution in [3.8, 4) is 33.6 Å². The van der Waals surface area contributed by atoms with Crippen molar-refractivity contribution in [3.05, 3.63) is 114 Å². The van der Waals surface area contributed by atoms with Gasteiger partial charge in [0.2, 0.25) is 17.7 Å². The molecule has 65 heavy (non-hydrogen) atoms. The van der Waals surface area contributed by atoms with Gasteiger partial charge in [0.25, 0.3) is 0 Å². The minimum Gasteiger partial charge on any atom is -0.465 e. The number of ether oxygens (including phenoxy) is 1. The molecule has 2 aromatic heterocycles. The van der Waals surface area contributed by atoms with Crippen LogP contribution in [0, 0.1) is 29.6 Å². The normalized spacial score (nSPS) is 20.3. The zero-order chi connectivity index (χ0) is 46.4. The number of methoxy groups -OCH3 is 1. The van der Waals surface area contributed by atoms with Gasteiger partial charge in [-0.15, -0.1) is 0 Å². The Bertz CT molecular complexity index is 2390. The molecule has 2 saturated heterocycles. The third-order valence-electron chi connectivity index (χ3n) is 12.2. The molecule has 3 aromatic carbocycles. The average Bonchev–Trinajstić information content (AvgIpc) is 3.61. The number of carbonyl (C=O) groups excluding carboxylic acids is 3. The molecule has 4 amide bonds. The zero-order valence-electron chi connectivity index (χ0n) is 38.5. The molecule has 5 aromatic rings. The first kappa shape index (κ1) is 46.7. The van der Waals surface area contributed by atoms with Crippen LogP contribution in [0.5, 0.6) is 0 Å². The molecule has 1 aliphatic carbocycles. The van der Waals surface area contributed by atoms with Crippen LogP contribution < -0.4 is 10.6 Å². The first-order chi connectivity index (χ1) is 31.2. The number of aromatic nitrogens is 4. The van der Waals surface area contributed by atoms with Crippen molar-refractivity contribution in [1.29, 1.82) is 0 Å². The van der Waals surface area contributed by atoms with Crippen LogP contribution >= 0.6 is 0 Å². The molecule has 343 valence electrons. The minimum absolute atomic E-state index is 0.0113. The van der Waals surface area contributed by atoms with E-state index in [4.69, 9.17) is 14.7 Å². The highest BCUT2D eigenvalue weighted by Crippen LogP contribution is 2.39. The summed E-state index contributed by atoms with van der Waals surface area (Å²) in [4.78, 5) is 72.4. The van der Waals surface area contributed by atoms with Crippen LogP contribution in [0.25, 0.3) is 33.6 Å². The van der Waals surface area contributed by atoms with E-state index in [1.165, 1.54) is 5.92 Å². The summed E-state index contributed by atoms with van der Waals surface area (Å²) in [6.07, 6.45) is 5.50. The summed E-state index contributed by atoms with van der Waals surface area (Å²) in [6, 6.07) is 23.7. The number of carboxylic acid groups (broad SMARTS) is 1. The standard InChI is InChI=1S/C47H54N8O6.C4H9/c1-27(2)40(53-47(59)60)45(57)55-25-29(26-61-4)21-39(55)43-49-23-37(51-43)33-16-12-31(13-17-33)30-10-14-32(15-11-30)36-22-48-42(50-36)38-20-28(3)24-54(38)46(58)41(34-8-6-5-7-9-34)52-44(56)35-18-19-35;1-4(2)3/h5-17,22-23,27-29,35,38-41,53H,18-21,24-26H2,1-4H3,(H,48,50)(H,49,51)(H,52,56)(H,59,60);1-3H3/t28-,29-,38-,39-,40-,41+;/m0./s1. The molecular formula is C51H63N8O6. The van der Waals surface area contributed by atoms with Crippen molar-refractivity contribution in [2.75, 3.05) is 26.8 Å². The summed E-state index contributed by atoms with van der Waals surface area (Å²) in [5.41, 5.74) is 6.44. The summed E-state index contributed by atoms with van der Waals surface area (Å²) >= 11 is 0. The summed E-state index contributed by atoms with van der Waals surface area (Å²) in [5, 5.41) is 14.9. The second kappa shape index (κ2) is 20.7. The molecule has 6 atom stereocenters. The molecule has 2 aliphatic heterocycles. The summed E-state index contributed by atoms with van der Waals surface area (Å²) in [7, 11) is 1.64. The molecule has 14 nitrogen and oxygen atoms in total. The molecule has 0 bridgehead atoms. The third kappa shape index (κ3) is 11.3. The Balaban J connectivity index is 0.00000151. The Morgan fingerprint density at radius 2 is 1.25 bits per heavy atom. The van der Waals surface area contributed by atoms with E-state index in [0.29, 0.717) is 31.9 Å². The Labute approximate surface area is 382 Å². The largest absolute Gasteiger partial charge is 0.465 e. The number of nitrogens with zero attached hydrogens (tertiary/aromatic N) is 4. The third-order valence-corrected chi connectivity index (χ3v) is 12.2. The van der Waals surface area contributed by atoms with E-state index in [0.717, 1.165) is 64.3 Å². The number of hydrogen-bond acceptors (Lipinski definition) is 7. The smallest absolute Gasteiger partial charge is 0.405 e. The predicted octanol–water partition coefficient (Wildman–Crippen LogP) is 8.76. The maximum absolute atomic E-state index is 14.2. The SMILES string of the molecule is COC[C@H]1C[C@@H](c2ncc(-c3ccc(-c4ccc(-c5cnc([C@@H]6C[C@H](C)CN6C(=O)[C@H](NC(=O)C6CC6)c6ccccc6)[nH]5)cc4)cc3)[nH]2)N(C(=O)[C@@H](NC(=O)O)C(C)C)C1.C[C](C)C. The lowest BCUT2D eigenvalue weighted by Gasteiger charge is -2.29. The lowest BCUT2D eigenvalue weighted by atomic mass is 10.0. The number of imidazole rings is 2. The number of carbonyl (C=O) groups is 4. The van der Waals surface area contributed by atoms with Crippen LogP contribution in [-0.2, 0) is 19.1 Å². The van der Waals surface area contributed by atoms with Gasteiger partial charge in [0, 0.05) is 32.0 Å². The second-order valence-corrected chi connectivity index (χ2v) is 18.7. The fourth-order valence-corrected chi connectivity index (χ4v) is 8.85. The Hall–Kier alpha value is -6.28. The van der Waals surface area contributed by atoms with E-state index in [9.17, 15) is 24.3 Å². The van der Waals surface area contributed by atoms with Gasteiger partial charge in [0.15, 0.2) is 0 Å². The molecule has 3 aliphatic rings. The average molecular weight is 884 g/mol. The van der Waals surface area contributed by atoms with Crippen molar-refractivity contribution >= 4 is 23.8 Å². The number of benzene rings is 3. The number of rotatable bonds is 14. The summed E-state index contributed by atoms with van der Waals surface area (Å²) in [5.74, 6) is 2.47. The van der Waals surface area contributed by atoms with Gasteiger partial charge in [-0.3, -0.25) is 14.4 Å². The zero-order valence-corrected chi connectivity index (χ0v) is 38.5. The Morgan fingerprint density at radius 1 is 0.738 bits per heavy atom. The van der Waals surface area contributed by atoms with Crippen molar-refractivity contribution < 1.29 is 29.0 Å². The topological polar surface area (TPSA) is 186 Å². The van der Waals surface area contributed by atoms with Gasteiger partial charge in [-0.1, -0.05) is 120 Å². The molecule has 8 rings (SSSR count). The molecular weight excluding hydrogens is 821 g/mol. The highest BCUT2D eigenvalue weighted by molar-refractivity contribution is 5.91. The van der Waals surface area contributed by atoms with Crippen LogP contribution in [-0.4, -0.2) is 91.5 Å². The first-order valence-electron chi connectivity index (χ1n) is 22.7. The monoisotopic (exact) mass is 883 g/mol. The summed E-state index contributed by atoms with van der Waals surface area (Å²) < 4.78 is 5.42. The summed E-state index contributed by atoms with van der Waals surface area (Å²) in [6.45, 7) is 13.6. The quantitative estimate of drug-likeness (QED) is 0.0733. The van der Waals surface area contributed by atoms with Gasteiger partial charge < -0.3 is 40.2 Å². The number of aromatic amines is 2. The Kier molecular flexibility index (Phi) is 14.9. The minimum atomic E-state index is -1.23. The second-order valence-electron chi connectivity index (χ2n) is 18.7. The molecule has 14 heteroatoms. The van der Waals surface area contributed by atoms with Gasteiger partial charge in [0.05, 0.1) is 42.5 Å². The number of amides is 4. The molecule has 5 N–H and O–H groups in total. The van der Waals surface area contributed by atoms with E-state index in [1.54, 1.807) is 18.2 Å². The van der Waals surface area contributed by atoms with Gasteiger partial charge in [-0.2, -0.15) is 0 Å². The molecule has 1 radical (unpaired) electrons. The van der Waals surface area contributed by atoms with Gasteiger partial charge in [-0.05, 0) is 71.3 Å². The van der Waals surface area contributed by atoms with Crippen LogP contribution in [0.1, 0.15) is 103 Å². The fourth-order valence-electron chi connectivity index (χ4n) is 8.85. The number of hydrogen-bond donors (Lipinski definition) is 5. The van der Waals surface area contributed by atoms with Crippen molar-refractivity contribution in [2.24, 2.45) is 23.7 Å². The molecule has 0 spiro atoms. The van der Waals surface area contributed by atoms with E-state index in [2.05, 4.69) is 84.7 Å². The van der Waals surface area contributed by atoms with Crippen molar-refractivity contribution in [2.45, 2.75) is 91.4 Å². The first-order valence-corrected chi connectivity index (χ1v) is 22.7. The van der Waals surface area contributed by atoms with Crippen LogP contribution in [0.3, 0.4) is 0 Å². The molecule has 0 unspecified atom stereocenters. The van der Waals surface area contributed by atoms with Gasteiger partial charge >= 0.3 is 6.09 Å². The van der Waals surface area contributed by atoms with E-state index < -0.39 is 18.2 Å². The molecule has 3 fully saturated rings. The van der Waals surface area contributed by atoms with Crippen molar-refractivity contribution in [1.82, 2.24) is 40.4 Å². The van der Waals surface area contributed by atoms with E-state index in [-0.39, 0.29) is 53.5 Å². The fraction of sp³-hybridized carbons (Fsp3) is 0.431.